The van der Waals surface area contributed by atoms with E-state index in [0.29, 0.717) is 23.2 Å². The molecule has 0 aliphatic carbocycles. The van der Waals surface area contributed by atoms with Crippen molar-refractivity contribution in [2.24, 2.45) is 5.92 Å². The Kier molecular flexibility index (Phi) is 6.46. The smallest absolute Gasteiger partial charge is 0.252 e. The second-order valence-electron chi connectivity index (χ2n) is 4.92. The second kappa shape index (κ2) is 7.38. The molecule has 0 saturated carbocycles. The molecule has 0 radical (unpaired) electrons. The van der Waals surface area contributed by atoms with E-state index in [1.165, 1.54) is 11.3 Å². The summed E-state index contributed by atoms with van der Waals surface area (Å²) in [6.45, 7) is 7.90. The summed E-state index contributed by atoms with van der Waals surface area (Å²) in [4.78, 5) is 1.11. The van der Waals surface area contributed by atoms with Crippen LogP contribution in [0.3, 0.4) is 0 Å². The summed E-state index contributed by atoms with van der Waals surface area (Å²) in [5.74, 6) is 0.332. The number of hydrogen-bond donors (Lipinski definition) is 1. The lowest BCUT2D eigenvalue weighted by Crippen LogP contribution is -2.33. The van der Waals surface area contributed by atoms with Crippen molar-refractivity contribution in [2.75, 3.05) is 26.7 Å². The van der Waals surface area contributed by atoms with Gasteiger partial charge in [-0.1, -0.05) is 20.8 Å². The number of hydrogen-bond acceptors (Lipinski definition) is 4. The average molecular weight is 304 g/mol. The fraction of sp³-hybridized carbons (Fsp3) is 0.692. The van der Waals surface area contributed by atoms with Crippen LogP contribution >= 0.6 is 11.3 Å². The zero-order chi connectivity index (χ0) is 14.5. The summed E-state index contributed by atoms with van der Waals surface area (Å²) in [5, 5.41) is 3.07. The molecule has 0 amide bonds. The Morgan fingerprint density at radius 2 is 2.05 bits per heavy atom. The highest BCUT2D eigenvalue weighted by Crippen LogP contribution is 2.25. The van der Waals surface area contributed by atoms with Crippen LogP contribution in [0.1, 0.15) is 25.6 Å². The Bertz CT molecular complexity index is 481. The highest BCUT2D eigenvalue weighted by molar-refractivity contribution is 7.91. The lowest BCUT2D eigenvalue weighted by Gasteiger charge is -2.21. The lowest BCUT2D eigenvalue weighted by atomic mass is 10.2. The number of thiophene rings is 1. The summed E-state index contributed by atoms with van der Waals surface area (Å²) in [5.41, 5.74) is 0. The molecule has 1 aromatic heterocycles. The highest BCUT2D eigenvalue weighted by Gasteiger charge is 2.25. The summed E-state index contributed by atoms with van der Waals surface area (Å²) in [6.07, 6.45) is 0.868. The Morgan fingerprint density at radius 1 is 1.37 bits per heavy atom. The predicted octanol–water partition coefficient (Wildman–Crippen LogP) is 2.18. The zero-order valence-corrected chi connectivity index (χ0v) is 13.8. The van der Waals surface area contributed by atoms with Crippen molar-refractivity contribution in [3.05, 3.63) is 17.0 Å². The third-order valence-corrected chi connectivity index (χ3v) is 6.33. The largest absolute Gasteiger partial charge is 0.319 e. The maximum absolute atomic E-state index is 12.5. The van der Waals surface area contributed by atoms with E-state index in [2.05, 4.69) is 5.32 Å². The van der Waals surface area contributed by atoms with Crippen LogP contribution in [0, 0.1) is 5.92 Å². The van der Waals surface area contributed by atoms with Gasteiger partial charge < -0.3 is 5.32 Å². The SMILES string of the molecule is CCN(CC(C)C)S(=O)(=O)c1ccc(CCNC)s1. The molecule has 0 bridgehead atoms. The number of likely N-dealkylation sites (N-methyl/N-ethyl adjacent to an activating group) is 1. The molecule has 6 heteroatoms. The van der Waals surface area contributed by atoms with Crippen LogP contribution < -0.4 is 5.32 Å². The van der Waals surface area contributed by atoms with Gasteiger partial charge in [-0.3, -0.25) is 0 Å². The molecule has 1 heterocycles. The first kappa shape index (κ1) is 16.6. The third-order valence-electron chi connectivity index (χ3n) is 2.77. The molecular weight excluding hydrogens is 280 g/mol. The van der Waals surface area contributed by atoms with Gasteiger partial charge >= 0.3 is 0 Å². The maximum atomic E-state index is 12.5. The van der Waals surface area contributed by atoms with Crippen LogP contribution in [0.25, 0.3) is 0 Å². The first-order chi connectivity index (χ1) is 8.91. The minimum absolute atomic E-state index is 0.332. The van der Waals surface area contributed by atoms with Crippen LogP contribution in [0.15, 0.2) is 16.3 Å². The van der Waals surface area contributed by atoms with Crippen LogP contribution in [0.2, 0.25) is 0 Å². The predicted molar refractivity (Wildman–Crippen MR) is 81.2 cm³/mol. The summed E-state index contributed by atoms with van der Waals surface area (Å²) in [6, 6.07) is 3.64. The molecule has 0 aromatic carbocycles. The first-order valence-electron chi connectivity index (χ1n) is 6.65. The molecule has 110 valence electrons. The van der Waals surface area contributed by atoms with E-state index in [1.807, 2.05) is 33.9 Å². The molecular formula is C13H24N2O2S2. The molecule has 1 rings (SSSR count). The van der Waals surface area contributed by atoms with Crippen LogP contribution in [-0.2, 0) is 16.4 Å². The molecule has 0 atom stereocenters. The van der Waals surface area contributed by atoms with E-state index in [1.54, 1.807) is 10.4 Å². The Morgan fingerprint density at radius 3 is 2.58 bits per heavy atom. The standard InChI is InChI=1S/C13H24N2O2S2/c1-5-15(10-11(2)3)19(16,17)13-7-6-12(18-13)8-9-14-4/h6-7,11,14H,5,8-10H2,1-4H3. The molecule has 0 spiro atoms. The monoisotopic (exact) mass is 304 g/mol. The van der Waals surface area contributed by atoms with Gasteiger partial charge in [-0.15, -0.1) is 11.3 Å². The molecule has 0 saturated heterocycles. The third kappa shape index (κ3) is 4.56. The fourth-order valence-electron chi connectivity index (χ4n) is 1.81. The normalized spacial score (nSPS) is 12.5. The van der Waals surface area contributed by atoms with Gasteiger partial charge in [0.2, 0.25) is 0 Å². The van der Waals surface area contributed by atoms with Crippen molar-refractivity contribution in [1.29, 1.82) is 0 Å². The lowest BCUT2D eigenvalue weighted by molar-refractivity contribution is 0.382. The number of sulfonamides is 1. The van der Waals surface area contributed by atoms with Crippen LogP contribution in [0.5, 0.6) is 0 Å². The van der Waals surface area contributed by atoms with E-state index in [0.717, 1.165) is 17.8 Å². The Labute approximate surface area is 120 Å². The zero-order valence-electron chi connectivity index (χ0n) is 12.1. The molecule has 0 aliphatic heterocycles. The first-order valence-corrected chi connectivity index (χ1v) is 8.91. The molecule has 0 fully saturated rings. The summed E-state index contributed by atoms with van der Waals surface area (Å²) >= 11 is 1.38. The van der Waals surface area contributed by atoms with Crippen molar-refractivity contribution in [1.82, 2.24) is 9.62 Å². The second-order valence-corrected chi connectivity index (χ2v) is 8.26. The van der Waals surface area contributed by atoms with Gasteiger partial charge in [0.15, 0.2) is 0 Å². The Hall–Kier alpha value is -0.430. The topological polar surface area (TPSA) is 49.4 Å². The van der Waals surface area contributed by atoms with E-state index in [-0.39, 0.29) is 0 Å². The van der Waals surface area contributed by atoms with Crippen LogP contribution in [-0.4, -0.2) is 39.4 Å². The molecule has 0 unspecified atom stereocenters. The highest BCUT2D eigenvalue weighted by atomic mass is 32.2. The molecule has 1 aromatic rings. The summed E-state index contributed by atoms with van der Waals surface area (Å²) < 4.78 is 27.0. The quantitative estimate of drug-likeness (QED) is 0.801. The van der Waals surface area contributed by atoms with E-state index in [9.17, 15) is 8.42 Å². The van der Waals surface area contributed by atoms with Gasteiger partial charge in [0.05, 0.1) is 0 Å². The van der Waals surface area contributed by atoms with E-state index >= 15 is 0 Å². The minimum Gasteiger partial charge on any atom is -0.319 e. The molecule has 4 nitrogen and oxygen atoms in total. The van der Waals surface area contributed by atoms with Crippen molar-refractivity contribution in [2.45, 2.75) is 31.4 Å². The maximum Gasteiger partial charge on any atom is 0.252 e. The van der Waals surface area contributed by atoms with Gasteiger partial charge in [0.25, 0.3) is 10.0 Å². The Balaban J connectivity index is 2.89. The van der Waals surface area contributed by atoms with Crippen molar-refractivity contribution in [3.63, 3.8) is 0 Å². The number of nitrogens with zero attached hydrogens (tertiary/aromatic N) is 1. The average Bonchev–Trinajstić information content (AvgIpc) is 2.82. The van der Waals surface area contributed by atoms with Crippen molar-refractivity contribution < 1.29 is 8.42 Å². The van der Waals surface area contributed by atoms with Gasteiger partial charge in [-0.05, 0) is 38.1 Å². The van der Waals surface area contributed by atoms with E-state index in [4.69, 9.17) is 0 Å². The number of rotatable bonds is 8. The fourth-order valence-corrected chi connectivity index (χ4v) is 4.93. The van der Waals surface area contributed by atoms with Gasteiger partial charge in [-0.2, -0.15) is 4.31 Å². The molecule has 0 aliphatic rings. The van der Waals surface area contributed by atoms with E-state index < -0.39 is 10.0 Å². The number of nitrogens with one attached hydrogen (secondary N) is 1. The van der Waals surface area contributed by atoms with Gasteiger partial charge in [-0.25, -0.2) is 8.42 Å². The summed E-state index contributed by atoms with van der Waals surface area (Å²) in [7, 11) is -1.42. The minimum atomic E-state index is -3.32. The molecule has 19 heavy (non-hydrogen) atoms. The van der Waals surface area contributed by atoms with Crippen molar-refractivity contribution >= 4 is 21.4 Å². The van der Waals surface area contributed by atoms with Gasteiger partial charge in [0.1, 0.15) is 4.21 Å². The molecule has 1 N–H and O–H groups in total. The van der Waals surface area contributed by atoms with Gasteiger partial charge in [0, 0.05) is 18.0 Å². The van der Waals surface area contributed by atoms with Crippen LogP contribution in [0.4, 0.5) is 0 Å². The van der Waals surface area contributed by atoms with Crippen molar-refractivity contribution in [3.8, 4) is 0 Å².